The van der Waals surface area contributed by atoms with Gasteiger partial charge in [-0.1, -0.05) is 41.9 Å². The zero-order valence-corrected chi connectivity index (χ0v) is 17.4. The second kappa shape index (κ2) is 9.46. The van der Waals surface area contributed by atoms with Crippen LogP contribution in [0.5, 0.6) is 0 Å². The van der Waals surface area contributed by atoms with Gasteiger partial charge in [-0.25, -0.2) is 4.98 Å². The smallest absolute Gasteiger partial charge is 0.194 e. The summed E-state index contributed by atoms with van der Waals surface area (Å²) >= 11 is 6.09. The highest BCUT2D eigenvalue weighted by Crippen LogP contribution is 2.14. The van der Waals surface area contributed by atoms with E-state index in [0.717, 1.165) is 35.5 Å². The molecular weight excluding hydrogens is 372 g/mol. The highest BCUT2D eigenvalue weighted by molar-refractivity contribution is 6.30. The standard InChI is InChI=1S/C21H27ClN6/c1-23-21(27(3)16-19-13-18(22)15-26(19)2)25-14-20-24-10-12-28(20)11-9-17-7-5-4-6-8-17/h4-8,10,12-13,15H,9,11,14,16H2,1-3H3,(H,23,25). The first-order valence-corrected chi connectivity index (χ1v) is 9.71. The Hall–Kier alpha value is -2.73. The number of aromatic nitrogens is 3. The molecule has 28 heavy (non-hydrogen) atoms. The average Bonchev–Trinajstić information content (AvgIpc) is 3.27. The molecule has 0 aliphatic heterocycles. The molecule has 0 fully saturated rings. The summed E-state index contributed by atoms with van der Waals surface area (Å²) in [5, 5.41) is 4.15. The Labute approximate surface area is 171 Å². The largest absolute Gasteiger partial charge is 0.351 e. The van der Waals surface area contributed by atoms with E-state index in [2.05, 4.69) is 49.0 Å². The molecule has 0 bridgehead atoms. The predicted octanol–water partition coefficient (Wildman–Crippen LogP) is 3.33. The minimum absolute atomic E-state index is 0.618. The number of aliphatic imine (C=N–C) groups is 1. The summed E-state index contributed by atoms with van der Waals surface area (Å²) in [5.74, 6) is 1.81. The molecule has 0 unspecified atom stereocenters. The average molecular weight is 399 g/mol. The van der Waals surface area contributed by atoms with Crippen LogP contribution in [0.25, 0.3) is 0 Å². The molecule has 0 amide bonds. The van der Waals surface area contributed by atoms with Crippen molar-refractivity contribution in [2.24, 2.45) is 12.0 Å². The number of imidazole rings is 1. The van der Waals surface area contributed by atoms with Crippen LogP contribution in [0.15, 0.2) is 60.0 Å². The van der Waals surface area contributed by atoms with Crippen molar-refractivity contribution < 1.29 is 0 Å². The Morgan fingerprint density at radius 3 is 2.75 bits per heavy atom. The summed E-state index contributed by atoms with van der Waals surface area (Å²) in [6.07, 6.45) is 6.76. The molecule has 1 N–H and O–H groups in total. The predicted molar refractivity (Wildman–Crippen MR) is 114 cm³/mol. The molecule has 1 aromatic carbocycles. The van der Waals surface area contributed by atoms with E-state index >= 15 is 0 Å². The molecule has 2 heterocycles. The lowest BCUT2D eigenvalue weighted by molar-refractivity contribution is 0.459. The van der Waals surface area contributed by atoms with Gasteiger partial charge in [-0.15, -0.1) is 0 Å². The minimum Gasteiger partial charge on any atom is -0.351 e. The number of nitrogens with zero attached hydrogens (tertiary/aromatic N) is 5. The van der Waals surface area contributed by atoms with Crippen LogP contribution in [0.1, 0.15) is 17.1 Å². The van der Waals surface area contributed by atoms with E-state index in [-0.39, 0.29) is 0 Å². The lowest BCUT2D eigenvalue weighted by Gasteiger charge is -2.22. The van der Waals surface area contributed by atoms with Gasteiger partial charge in [-0.3, -0.25) is 4.99 Å². The summed E-state index contributed by atoms with van der Waals surface area (Å²) in [6, 6.07) is 12.5. The fourth-order valence-corrected chi connectivity index (χ4v) is 3.46. The van der Waals surface area contributed by atoms with Crippen molar-refractivity contribution in [2.75, 3.05) is 14.1 Å². The van der Waals surface area contributed by atoms with Crippen LogP contribution in [-0.2, 0) is 33.1 Å². The van der Waals surface area contributed by atoms with Crippen molar-refractivity contribution in [1.82, 2.24) is 24.3 Å². The van der Waals surface area contributed by atoms with Crippen molar-refractivity contribution >= 4 is 17.6 Å². The highest BCUT2D eigenvalue weighted by atomic mass is 35.5. The number of hydrogen-bond acceptors (Lipinski definition) is 2. The van der Waals surface area contributed by atoms with Crippen LogP contribution in [0.2, 0.25) is 5.02 Å². The number of halogens is 1. The van der Waals surface area contributed by atoms with Gasteiger partial charge in [0.05, 0.1) is 18.1 Å². The molecule has 0 spiro atoms. The summed E-state index contributed by atoms with van der Waals surface area (Å²) in [6.45, 7) is 2.23. The van der Waals surface area contributed by atoms with E-state index in [9.17, 15) is 0 Å². The number of aryl methyl sites for hydroxylation is 3. The molecule has 0 atom stereocenters. The van der Waals surface area contributed by atoms with Gasteiger partial charge in [0.25, 0.3) is 0 Å². The van der Waals surface area contributed by atoms with Crippen molar-refractivity contribution in [3.8, 4) is 0 Å². The Kier molecular flexibility index (Phi) is 6.76. The van der Waals surface area contributed by atoms with Gasteiger partial charge >= 0.3 is 0 Å². The fraction of sp³-hybridized carbons (Fsp3) is 0.333. The molecule has 0 aliphatic rings. The molecule has 0 saturated carbocycles. The van der Waals surface area contributed by atoms with Gasteiger partial charge in [0.2, 0.25) is 0 Å². The molecule has 7 heteroatoms. The van der Waals surface area contributed by atoms with E-state index in [4.69, 9.17) is 11.6 Å². The van der Waals surface area contributed by atoms with Gasteiger partial charge in [-0.2, -0.15) is 0 Å². The maximum atomic E-state index is 6.09. The van der Waals surface area contributed by atoms with Crippen molar-refractivity contribution in [3.63, 3.8) is 0 Å². The lowest BCUT2D eigenvalue weighted by atomic mass is 10.1. The number of rotatable bonds is 7. The van der Waals surface area contributed by atoms with Crippen LogP contribution in [0.4, 0.5) is 0 Å². The maximum Gasteiger partial charge on any atom is 0.194 e. The number of hydrogen-bond donors (Lipinski definition) is 1. The monoisotopic (exact) mass is 398 g/mol. The highest BCUT2D eigenvalue weighted by Gasteiger charge is 2.11. The third kappa shape index (κ3) is 5.16. The topological polar surface area (TPSA) is 50.4 Å². The van der Waals surface area contributed by atoms with Gasteiger partial charge in [0, 0.05) is 52.0 Å². The molecule has 0 saturated heterocycles. The van der Waals surface area contributed by atoms with E-state index < -0.39 is 0 Å². The molecule has 3 aromatic rings. The minimum atomic E-state index is 0.618. The Bertz CT molecular complexity index is 912. The molecular formula is C21H27ClN6. The Morgan fingerprint density at radius 1 is 1.29 bits per heavy atom. The van der Waals surface area contributed by atoms with Crippen LogP contribution >= 0.6 is 11.6 Å². The van der Waals surface area contributed by atoms with Gasteiger partial charge in [0.15, 0.2) is 5.96 Å². The fourth-order valence-electron chi connectivity index (χ4n) is 3.19. The summed E-state index contributed by atoms with van der Waals surface area (Å²) in [4.78, 5) is 11.0. The molecule has 3 rings (SSSR count). The van der Waals surface area contributed by atoms with Gasteiger partial charge in [0.1, 0.15) is 5.82 Å². The first kappa shape index (κ1) is 20.0. The quantitative estimate of drug-likeness (QED) is 0.490. The van der Waals surface area contributed by atoms with Crippen LogP contribution < -0.4 is 5.32 Å². The number of benzene rings is 1. The summed E-state index contributed by atoms with van der Waals surface area (Å²) in [7, 11) is 5.80. The van der Waals surface area contributed by atoms with Crippen LogP contribution in [0, 0.1) is 0 Å². The molecule has 0 aliphatic carbocycles. The normalized spacial score (nSPS) is 11.6. The first-order chi connectivity index (χ1) is 13.6. The van der Waals surface area contributed by atoms with Crippen LogP contribution in [0.3, 0.4) is 0 Å². The van der Waals surface area contributed by atoms with Gasteiger partial charge in [-0.05, 0) is 18.1 Å². The van der Waals surface area contributed by atoms with Crippen LogP contribution in [-0.4, -0.2) is 39.1 Å². The SMILES string of the molecule is CN=C(NCc1nccn1CCc1ccccc1)N(C)Cc1cc(Cl)cn1C. The Morgan fingerprint density at radius 2 is 2.07 bits per heavy atom. The maximum absolute atomic E-state index is 6.09. The Balaban J connectivity index is 1.56. The van der Waals surface area contributed by atoms with Crippen molar-refractivity contribution in [1.29, 1.82) is 0 Å². The third-order valence-corrected chi connectivity index (χ3v) is 4.94. The lowest BCUT2D eigenvalue weighted by Crippen LogP contribution is -2.38. The molecule has 6 nitrogen and oxygen atoms in total. The molecule has 148 valence electrons. The number of guanidine groups is 1. The van der Waals surface area contributed by atoms with Crippen molar-refractivity contribution in [3.05, 3.63) is 77.1 Å². The van der Waals surface area contributed by atoms with E-state index in [1.54, 1.807) is 7.05 Å². The van der Waals surface area contributed by atoms with Gasteiger partial charge < -0.3 is 19.4 Å². The molecule has 2 aromatic heterocycles. The van der Waals surface area contributed by atoms with E-state index in [1.807, 2.05) is 49.4 Å². The second-order valence-electron chi connectivity index (χ2n) is 6.79. The van der Waals surface area contributed by atoms with E-state index in [0.29, 0.717) is 13.1 Å². The summed E-state index contributed by atoms with van der Waals surface area (Å²) < 4.78 is 4.21. The molecule has 0 radical (unpaired) electrons. The summed E-state index contributed by atoms with van der Waals surface area (Å²) in [5.41, 5.74) is 2.45. The second-order valence-corrected chi connectivity index (χ2v) is 7.23. The zero-order valence-electron chi connectivity index (χ0n) is 16.6. The van der Waals surface area contributed by atoms with E-state index in [1.165, 1.54) is 5.56 Å². The zero-order chi connectivity index (χ0) is 19.9. The number of nitrogens with one attached hydrogen (secondary N) is 1. The third-order valence-electron chi connectivity index (χ3n) is 4.74. The van der Waals surface area contributed by atoms with Crippen molar-refractivity contribution in [2.45, 2.75) is 26.1 Å². The first-order valence-electron chi connectivity index (χ1n) is 9.33.